The van der Waals surface area contributed by atoms with Crippen molar-refractivity contribution in [1.82, 2.24) is 30.2 Å². The number of hydrogen-bond acceptors (Lipinski definition) is 10. The standard InChI is InChI=1S/C27H25ClF4N4O4.C16H19FN2O.C13H13BrClF3N2O3/c1-15-25(38)36(26(39)33-15)22-11-21(28)23(40-27(30,31)32)10-17(22)4-9-24(37)35-19-7-8-20(35)14-34(13-19)12-16-2-5-18(29)6-3-16;1-2-16(20)19-14-7-8-15(19)11-18(10-14)9-12-3-5-13(17)6-4-12;1-6(11(21)23-2)19-12(22)20-10-4-9(15)7(3-8(10)14)5-13(16,17)18/h2-6,9-11,15,19-20H,7-8,12-14H2,1H3,(H,33,39);2-6,14-15H,1,7-11H2;3-4,6H,5H2,1-2H3,(H2,19,20,22)/b9-4+;;/t;;6-/m..1/s1. The number of ether oxygens (including phenoxy) is 2. The van der Waals surface area contributed by atoms with Gasteiger partial charge in [0.2, 0.25) is 11.8 Å². The van der Waals surface area contributed by atoms with Gasteiger partial charge in [-0.15, -0.1) is 13.2 Å². The van der Waals surface area contributed by atoms with E-state index in [0.29, 0.717) is 31.7 Å². The fraction of sp³-hybridized carbons (Fsp3) is 0.393. The second kappa shape index (κ2) is 27.3. The summed E-state index contributed by atoms with van der Waals surface area (Å²) in [6, 6.07) is 14.5. The highest BCUT2D eigenvalue weighted by Gasteiger charge is 2.44. The molecule has 5 aliphatic heterocycles. The molecule has 9 rings (SSSR count). The van der Waals surface area contributed by atoms with Gasteiger partial charge in [0.1, 0.15) is 29.5 Å². The maximum Gasteiger partial charge on any atom is 0.573 e. The number of carbonyl (C=O) groups is 6. The Morgan fingerprint density at radius 3 is 1.73 bits per heavy atom. The number of piperazine rings is 2. The first-order valence-corrected chi connectivity index (χ1v) is 27.5. The van der Waals surface area contributed by atoms with E-state index >= 15 is 0 Å². The summed E-state index contributed by atoms with van der Waals surface area (Å²) in [4.78, 5) is 82.3. The van der Waals surface area contributed by atoms with Gasteiger partial charge in [-0.05, 0) is 133 Å². The number of esters is 1. The first kappa shape index (κ1) is 63.8. The summed E-state index contributed by atoms with van der Waals surface area (Å²) in [7, 11) is 1.17. The van der Waals surface area contributed by atoms with Crippen LogP contribution in [0.1, 0.15) is 61.8 Å². The monoisotopic (exact) mass is 1270 g/mol. The Balaban J connectivity index is 0.000000195. The Labute approximate surface area is 490 Å². The van der Waals surface area contributed by atoms with E-state index in [1.807, 2.05) is 17.0 Å². The summed E-state index contributed by atoms with van der Waals surface area (Å²) < 4.78 is 111. The molecule has 3 N–H and O–H groups in total. The third kappa shape index (κ3) is 16.9. The number of imide groups is 1. The highest BCUT2D eigenvalue weighted by atomic mass is 79.9. The number of nitrogens with zero attached hydrogens (tertiary/aromatic N) is 5. The van der Waals surface area contributed by atoms with Crippen LogP contribution in [-0.4, -0.2) is 137 Å². The van der Waals surface area contributed by atoms with Crippen LogP contribution >= 0.6 is 39.1 Å². The fourth-order valence-corrected chi connectivity index (χ4v) is 11.5. The number of hydrogen-bond donors (Lipinski definition) is 3. The molecule has 446 valence electrons. The van der Waals surface area contributed by atoms with E-state index < -0.39 is 65.8 Å². The quantitative estimate of drug-likeness (QED) is 0.0506. The lowest BCUT2D eigenvalue weighted by atomic mass is 10.1. The first-order valence-electron chi connectivity index (χ1n) is 25.9. The van der Waals surface area contributed by atoms with Crippen molar-refractivity contribution in [3.05, 3.63) is 140 Å². The summed E-state index contributed by atoms with van der Waals surface area (Å²) >= 11 is 14.9. The van der Waals surface area contributed by atoms with Gasteiger partial charge in [0.15, 0.2) is 0 Å². The minimum absolute atomic E-state index is 0.0307. The number of rotatable bonds is 13. The zero-order valence-electron chi connectivity index (χ0n) is 44.8. The number of nitrogens with one attached hydrogen (secondary N) is 3. The van der Waals surface area contributed by atoms with Crippen molar-refractivity contribution in [3.8, 4) is 5.75 Å². The lowest BCUT2D eigenvalue weighted by Crippen LogP contribution is -2.55. The van der Waals surface area contributed by atoms with Crippen molar-refractivity contribution >= 4 is 92.3 Å². The number of likely N-dealkylation sites (tertiary alicyclic amines) is 2. The predicted molar refractivity (Wildman–Crippen MR) is 296 cm³/mol. The summed E-state index contributed by atoms with van der Waals surface area (Å²) in [6.45, 7) is 10.9. The van der Waals surface area contributed by atoms with Gasteiger partial charge in [0.25, 0.3) is 5.91 Å². The van der Waals surface area contributed by atoms with Crippen molar-refractivity contribution in [2.24, 2.45) is 0 Å². The molecule has 5 unspecified atom stereocenters. The zero-order chi connectivity index (χ0) is 60.7. The van der Waals surface area contributed by atoms with E-state index in [0.717, 1.165) is 73.5 Å². The van der Waals surface area contributed by atoms with Crippen molar-refractivity contribution < 1.29 is 73.4 Å². The van der Waals surface area contributed by atoms with Gasteiger partial charge in [-0.2, -0.15) is 13.2 Å². The van der Waals surface area contributed by atoms with Gasteiger partial charge in [0, 0.05) is 84.6 Å². The van der Waals surface area contributed by atoms with Crippen LogP contribution < -0.4 is 25.6 Å². The Morgan fingerprint density at radius 1 is 0.783 bits per heavy atom. The number of urea groups is 2. The molecule has 7 amide bonds. The van der Waals surface area contributed by atoms with Crippen LogP contribution in [0.25, 0.3) is 6.08 Å². The molecule has 16 nitrogen and oxygen atoms in total. The zero-order valence-corrected chi connectivity index (χ0v) is 47.9. The number of amides is 7. The summed E-state index contributed by atoms with van der Waals surface area (Å²) in [6.07, 6.45) is -3.00. The van der Waals surface area contributed by atoms with Gasteiger partial charge in [0.05, 0.1) is 29.9 Å². The van der Waals surface area contributed by atoms with E-state index in [4.69, 9.17) is 23.2 Å². The third-order valence-electron chi connectivity index (χ3n) is 14.2. The topological polar surface area (TPSA) is 173 Å². The number of fused-ring (bicyclic) bond motifs is 4. The number of alkyl halides is 6. The fourth-order valence-electron chi connectivity index (χ4n) is 10.6. The molecule has 0 aliphatic carbocycles. The van der Waals surface area contributed by atoms with Crippen LogP contribution in [0.3, 0.4) is 0 Å². The molecule has 5 heterocycles. The molecule has 83 heavy (non-hydrogen) atoms. The van der Waals surface area contributed by atoms with Crippen molar-refractivity contribution in [3.63, 3.8) is 0 Å². The molecule has 5 aliphatic rings. The largest absolute Gasteiger partial charge is 0.573 e. The number of methoxy groups -OCH3 is 1. The molecule has 4 bridgehead atoms. The van der Waals surface area contributed by atoms with E-state index in [-0.39, 0.29) is 67.5 Å². The normalized spacial score (nSPS) is 20.9. The Morgan fingerprint density at radius 2 is 1.29 bits per heavy atom. The molecule has 0 spiro atoms. The molecule has 27 heteroatoms. The second-order valence-electron chi connectivity index (χ2n) is 20.2. The number of carbonyl (C=O) groups excluding carboxylic acids is 6. The smallest absolute Gasteiger partial charge is 0.467 e. The van der Waals surface area contributed by atoms with Crippen LogP contribution in [0.15, 0.2) is 96.0 Å². The van der Waals surface area contributed by atoms with Gasteiger partial charge >= 0.3 is 30.6 Å². The summed E-state index contributed by atoms with van der Waals surface area (Å²) in [5.41, 5.74) is 2.01. The minimum atomic E-state index is -5.04. The SMILES string of the molecule is C=CC(=O)N1C2CCC1CN(Cc1ccc(F)cc1)C2.CC1NC(=O)N(c2cc(Cl)c(OC(F)(F)F)cc2/C=C/C(=O)N2C3CCC2CN(Cc2ccc(F)cc2)C3)C1=O.COC(=O)[C@@H](C)NC(=O)Nc1cc(Cl)c(CC(F)(F)F)cc1Br. The van der Waals surface area contributed by atoms with Gasteiger partial charge in [-0.3, -0.25) is 24.2 Å². The van der Waals surface area contributed by atoms with Crippen LogP contribution in [0.2, 0.25) is 10.0 Å². The molecular formula is C56H57BrCl2F8N8O8. The summed E-state index contributed by atoms with van der Waals surface area (Å²) in [5.74, 6) is -2.80. The first-order chi connectivity index (χ1) is 39.1. The lowest BCUT2D eigenvalue weighted by Gasteiger charge is -2.40. The van der Waals surface area contributed by atoms with Crippen LogP contribution in [0.4, 0.5) is 56.1 Å². The van der Waals surface area contributed by atoms with Crippen LogP contribution in [0, 0.1) is 11.6 Å². The third-order valence-corrected chi connectivity index (χ3v) is 15.5. The van der Waals surface area contributed by atoms with Crippen molar-refractivity contribution in [2.45, 2.75) is 108 Å². The minimum Gasteiger partial charge on any atom is -0.467 e. The number of anilines is 2. The Hall–Kier alpha value is -6.80. The van der Waals surface area contributed by atoms with Gasteiger partial charge < -0.3 is 35.2 Å². The lowest BCUT2D eigenvalue weighted by molar-refractivity contribution is -0.274. The van der Waals surface area contributed by atoms with Crippen molar-refractivity contribution in [1.29, 1.82) is 0 Å². The highest BCUT2D eigenvalue weighted by Crippen LogP contribution is 2.39. The van der Waals surface area contributed by atoms with Gasteiger partial charge in [-0.1, -0.05) is 54.0 Å². The molecule has 4 aromatic carbocycles. The molecule has 0 aromatic heterocycles. The number of benzene rings is 4. The molecule has 0 radical (unpaired) electrons. The van der Waals surface area contributed by atoms with Crippen LogP contribution in [-0.2, 0) is 43.4 Å². The van der Waals surface area contributed by atoms with E-state index in [9.17, 15) is 63.9 Å². The number of halogens is 11. The highest BCUT2D eigenvalue weighted by molar-refractivity contribution is 9.10. The molecule has 0 saturated carbocycles. The Bertz CT molecular complexity index is 3080. The van der Waals surface area contributed by atoms with Crippen molar-refractivity contribution in [2.75, 3.05) is 43.5 Å². The molecular weight excluding hydrogens is 1220 g/mol. The second-order valence-corrected chi connectivity index (χ2v) is 21.9. The van der Waals surface area contributed by atoms with Gasteiger partial charge in [-0.25, -0.2) is 28.1 Å². The predicted octanol–water partition coefficient (Wildman–Crippen LogP) is 10.8. The maximum absolute atomic E-state index is 13.3. The van der Waals surface area contributed by atoms with E-state index in [1.165, 1.54) is 75.6 Å². The van der Waals surface area contributed by atoms with Crippen LogP contribution in [0.5, 0.6) is 5.75 Å². The van der Waals surface area contributed by atoms with E-state index in [1.54, 1.807) is 17.0 Å². The average Bonchev–Trinajstić information content (AvgIpc) is 4.22. The maximum atomic E-state index is 13.3. The molecule has 4 aromatic rings. The summed E-state index contributed by atoms with van der Waals surface area (Å²) in [5, 5.41) is 6.52. The molecule has 5 saturated heterocycles. The molecule has 6 atom stereocenters. The average molecular weight is 1270 g/mol. The Kier molecular flexibility index (Phi) is 21.0. The van der Waals surface area contributed by atoms with E-state index in [2.05, 4.69) is 57.7 Å². The molecule has 5 fully saturated rings.